The molecule has 0 atom stereocenters. The van der Waals surface area contributed by atoms with Crippen molar-refractivity contribution in [3.63, 3.8) is 0 Å². The van der Waals surface area contributed by atoms with Crippen LogP contribution in [0.2, 0.25) is 0 Å². The Bertz CT molecular complexity index is 827. The van der Waals surface area contributed by atoms with Gasteiger partial charge < -0.3 is 11.5 Å². The summed E-state index contributed by atoms with van der Waals surface area (Å²) in [4.78, 5) is 14.7. The first-order valence-corrected chi connectivity index (χ1v) is 5.75. The van der Waals surface area contributed by atoms with E-state index in [1.807, 2.05) is 0 Å². The summed E-state index contributed by atoms with van der Waals surface area (Å²) in [6.45, 7) is 0. The average molecular weight is 271 g/mol. The van der Waals surface area contributed by atoms with Crippen LogP contribution in [-0.4, -0.2) is 20.5 Å². The molecule has 0 aliphatic rings. The quantitative estimate of drug-likeness (QED) is 0.684. The van der Waals surface area contributed by atoms with E-state index < -0.39 is 11.9 Å². The van der Waals surface area contributed by atoms with Crippen molar-refractivity contribution < 1.29 is 9.18 Å². The number of amides is 1. The molecule has 0 radical (unpaired) electrons. The van der Waals surface area contributed by atoms with Crippen molar-refractivity contribution in [2.24, 2.45) is 5.73 Å². The van der Waals surface area contributed by atoms with Crippen LogP contribution in [0.25, 0.3) is 16.6 Å². The Labute approximate surface area is 112 Å². The highest BCUT2D eigenvalue weighted by atomic mass is 19.1. The minimum absolute atomic E-state index is 0.156. The number of halogens is 1. The maximum absolute atomic E-state index is 13.1. The number of hydrogen-bond acceptors (Lipinski definition) is 4. The van der Waals surface area contributed by atoms with Crippen LogP contribution in [-0.2, 0) is 0 Å². The fraction of sp³-hybridized carbons (Fsp3) is 0. The Balaban J connectivity index is 2.21. The average Bonchev–Trinajstić information content (AvgIpc) is 2.83. The fourth-order valence-electron chi connectivity index (χ4n) is 2.01. The Morgan fingerprint density at radius 1 is 1.30 bits per heavy atom. The second-order valence-corrected chi connectivity index (χ2v) is 4.26. The van der Waals surface area contributed by atoms with Gasteiger partial charge in [0.25, 0.3) is 5.91 Å². The number of carbonyl (C=O) groups is 1. The Morgan fingerprint density at radius 3 is 2.80 bits per heavy atom. The van der Waals surface area contributed by atoms with Gasteiger partial charge in [-0.2, -0.15) is 9.49 Å². The molecule has 3 aromatic heterocycles. The monoisotopic (exact) mass is 271 g/mol. The molecule has 3 heterocycles. The lowest BCUT2D eigenvalue weighted by Gasteiger charge is -2.02. The van der Waals surface area contributed by atoms with Crippen LogP contribution in [0.15, 0.2) is 36.8 Å². The molecule has 6 nitrogen and oxygen atoms in total. The lowest BCUT2D eigenvalue weighted by Crippen LogP contribution is -2.15. The van der Waals surface area contributed by atoms with Crippen LogP contribution < -0.4 is 11.5 Å². The van der Waals surface area contributed by atoms with E-state index in [9.17, 15) is 9.18 Å². The van der Waals surface area contributed by atoms with Gasteiger partial charge in [-0.05, 0) is 17.7 Å². The summed E-state index contributed by atoms with van der Waals surface area (Å²) in [5.74, 6) is -1.22. The van der Waals surface area contributed by atoms with E-state index in [-0.39, 0.29) is 11.3 Å². The van der Waals surface area contributed by atoms with E-state index in [2.05, 4.69) is 10.1 Å². The first-order chi connectivity index (χ1) is 9.56. The molecule has 0 fully saturated rings. The van der Waals surface area contributed by atoms with Crippen LogP contribution in [0, 0.1) is 5.95 Å². The zero-order valence-corrected chi connectivity index (χ0v) is 10.2. The molecule has 0 aliphatic heterocycles. The van der Waals surface area contributed by atoms with Gasteiger partial charge >= 0.3 is 0 Å². The van der Waals surface area contributed by atoms with Gasteiger partial charge in [-0.1, -0.05) is 0 Å². The van der Waals surface area contributed by atoms with Gasteiger partial charge in [0, 0.05) is 24.0 Å². The van der Waals surface area contributed by atoms with Crippen molar-refractivity contribution >= 4 is 17.1 Å². The minimum Gasteiger partial charge on any atom is -0.396 e. The van der Waals surface area contributed by atoms with E-state index in [1.54, 1.807) is 18.3 Å². The zero-order chi connectivity index (χ0) is 14.3. The number of nitrogens with two attached hydrogens (primary N) is 2. The number of pyridine rings is 1. The molecule has 0 aliphatic carbocycles. The lowest BCUT2D eigenvalue weighted by molar-refractivity contribution is 0.100. The molecule has 4 N–H and O–H groups in total. The zero-order valence-electron chi connectivity index (χ0n) is 10.2. The van der Waals surface area contributed by atoms with Crippen molar-refractivity contribution in [1.29, 1.82) is 0 Å². The normalized spacial score (nSPS) is 10.8. The van der Waals surface area contributed by atoms with E-state index in [0.717, 1.165) is 0 Å². The molecule has 3 rings (SSSR count). The topological polar surface area (TPSA) is 99.3 Å². The van der Waals surface area contributed by atoms with E-state index in [4.69, 9.17) is 11.5 Å². The highest BCUT2D eigenvalue weighted by Gasteiger charge is 2.12. The molecule has 0 saturated heterocycles. The Kier molecular flexibility index (Phi) is 2.60. The smallest absolute Gasteiger partial charge is 0.252 e. The van der Waals surface area contributed by atoms with Gasteiger partial charge in [0.15, 0.2) is 0 Å². The van der Waals surface area contributed by atoms with Crippen LogP contribution in [0.1, 0.15) is 10.4 Å². The van der Waals surface area contributed by atoms with Gasteiger partial charge in [0.1, 0.15) is 0 Å². The highest BCUT2D eigenvalue weighted by Crippen LogP contribution is 2.26. The third kappa shape index (κ3) is 1.85. The maximum Gasteiger partial charge on any atom is 0.252 e. The van der Waals surface area contributed by atoms with Gasteiger partial charge in [-0.25, -0.2) is 9.50 Å². The second kappa shape index (κ2) is 4.30. The van der Waals surface area contributed by atoms with Crippen LogP contribution in [0.4, 0.5) is 10.1 Å². The first kappa shape index (κ1) is 12.1. The van der Waals surface area contributed by atoms with Crippen LogP contribution in [0.3, 0.4) is 0 Å². The number of aromatic nitrogens is 3. The molecule has 7 heteroatoms. The number of carbonyl (C=O) groups excluding carboxylic acids is 1. The summed E-state index contributed by atoms with van der Waals surface area (Å²) in [7, 11) is 0. The van der Waals surface area contributed by atoms with Crippen molar-refractivity contribution in [3.8, 4) is 11.1 Å². The molecule has 3 aromatic rings. The predicted octanol–water partition coefficient (Wildman–Crippen LogP) is 1.22. The van der Waals surface area contributed by atoms with E-state index in [1.165, 1.54) is 23.0 Å². The summed E-state index contributed by atoms with van der Waals surface area (Å²) in [5, 5.41) is 4.06. The highest BCUT2D eigenvalue weighted by molar-refractivity contribution is 6.01. The molecule has 20 heavy (non-hydrogen) atoms. The number of fused-ring (bicyclic) bond motifs is 1. The van der Waals surface area contributed by atoms with E-state index >= 15 is 0 Å². The molecule has 1 amide bonds. The number of hydrogen-bond donors (Lipinski definition) is 2. The van der Waals surface area contributed by atoms with Crippen molar-refractivity contribution in [2.45, 2.75) is 0 Å². The second-order valence-electron chi connectivity index (χ2n) is 4.26. The van der Waals surface area contributed by atoms with Crippen LogP contribution in [0.5, 0.6) is 0 Å². The summed E-state index contributed by atoms with van der Waals surface area (Å²) < 4.78 is 14.6. The molecule has 0 unspecified atom stereocenters. The summed E-state index contributed by atoms with van der Waals surface area (Å²) in [6.07, 6.45) is 4.37. The van der Waals surface area contributed by atoms with Gasteiger partial charge in [0.2, 0.25) is 5.95 Å². The molecule has 100 valence electrons. The van der Waals surface area contributed by atoms with E-state index in [0.29, 0.717) is 16.6 Å². The molecule has 0 aromatic carbocycles. The Morgan fingerprint density at radius 2 is 2.10 bits per heavy atom. The molecule has 0 bridgehead atoms. The van der Waals surface area contributed by atoms with Crippen molar-refractivity contribution in [3.05, 3.63) is 48.3 Å². The lowest BCUT2D eigenvalue weighted by atomic mass is 10.1. The number of anilines is 1. The SMILES string of the molecule is NC(=O)c1cnn2cc(-c3ccnc(F)c3)cc2c1N. The maximum atomic E-state index is 13.1. The first-order valence-electron chi connectivity index (χ1n) is 5.75. The fourth-order valence-corrected chi connectivity index (χ4v) is 2.01. The summed E-state index contributed by atoms with van der Waals surface area (Å²) in [5.41, 5.74) is 13.4. The molecule has 0 spiro atoms. The number of primary amides is 1. The molecule has 0 saturated carbocycles. The predicted molar refractivity (Wildman–Crippen MR) is 71.3 cm³/mol. The minimum atomic E-state index is -0.643. The number of rotatable bonds is 2. The van der Waals surface area contributed by atoms with Crippen molar-refractivity contribution in [2.75, 3.05) is 5.73 Å². The standard InChI is InChI=1S/C13H10FN5O/c14-11-4-7(1-2-17-11)8-3-10-12(15)9(13(16)20)5-18-19(10)6-8/h1-6H,15H2,(H2,16,20). The van der Waals surface area contributed by atoms with Gasteiger partial charge in [-0.3, -0.25) is 4.79 Å². The third-order valence-corrected chi connectivity index (χ3v) is 3.00. The molecular formula is C13H10FN5O. The van der Waals surface area contributed by atoms with Gasteiger partial charge in [0.05, 0.1) is 23.0 Å². The summed E-state index contributed by atoms with van der Waals surface area (Å²) in [6, 6.07) is 4.69. The van der Waals surface area contributed by atoms with Crippen molar-refractivity contribution in [1.82, 2.24) is 14.6 Å². The number of nitrogens with zero attached hydrogens (tertiary/aromatic N) is 3. The third-order valence-electron chi connectivity index (χ3n) is 3.00. The molecular weight excluding hydrogens is 261 g/mol. The van der Waals surface area contributed by atoms with Crippen LogP contribution >= 0.6 is 0 Å². The Hall–Kier alpha value is -2.96. The van der Waals surface area contributed by atoms with Gasteiger partial charge in [-0.15, -0.1) is 0 Å². The largest absolute Gasteiger partial charge is 0.396 e. The summed E-state index contributed by atoms with van der Waals surface area (Å²) >= 11 is 0. The number of nitrogen functional groups attached to an aromatic ring is 1.